The predicted molar refractivity (Wildman–Crippen MR) is 107 cm³/mol. The molecular weight excluding hydrogens is 342 g/mol. The van der Waals surface area contributed by atoms with Crippen molar-refractivity contribution in [3.05, 3.63) is 77.2 Å². The Labute approximate surface area is 158 Å². The zero-order chi connectivity index (χ0) is 17.8. The molecule has 26 heavy (non-hydrogen) atoms. The van der Waals surface area contributed by atoms with Gasteiger partial charge in [-0.15, -0.1) is 11.3 Å². The summed E-state index contributed by atoms with van der Waals surface area (Å²) < 4.78 is 2.14. The van der Waals surface area contributed by atoms with E-state index < -0.39 is 0 Å². The highest BCUT2D eigenvalue weighted by atomic mass is 32.1. The van der Waals surface area contributed by atoms with Gasteiger partial charge in [0.25, 0.3) is 0 Å². The van der Waals surface area contributed by atoms with Crippen molar-refractivity contribution in [2.75, 3.05) is 31.1 Å². The van der Waals surface area contributed by atoms with Crippen LogP contribution in [0.4, 0.5) is 5.69 Å². The van der Waals surface area contributed by atoms with E-state index in [4.69, 9.17) is 0 Å². The van der Waals surface area contributed by atoms with Gasteiger partial charge in [-0.25, -0.2) is 0 Å². The molecule has 4 rings (SSSR count). The van der Waals surface area contributed by atoms with Crippen molar-refractivity contribution in [3.8, 4) is 0 Å². The Bertz CT molecular complexity index is 772. The summed E-state index contributed by atoms with van der Waals surface area (Å²) in [5, 5.41) is 2.08. The molecule has 0 saturated carbocycles. The van der Waals surface area contributed by atoms with Crippen LogP contribution in [0.5, 0.6) is 0 Å². The standard InChI is InChI=1S/C21H23N3OS/c25-21(17-19(20-9-6-16-26-20)23-10-4-5-11-23)24-14-12-22(13-15-24)18-7-2-1-3-8-18/h1-11,16,19H,12-15,17H2/t19-/m0/s1. The van der Waals surface area contributed by atoms with Gasteiger partial charge in [-0.1, -0.05) is 24.3 Å². The number of aromatic nitrogens is 1. The van der Waals surface area contributed by atoms with Gasteiger partial charge < -0.3 is 14.4 Å². The molecule has 5 heteroatoms. The molecule has 1 amide bonds. The Balaban J connectivity index is 1.40. The SMILES string of the molecule is O=C(C[C@@H](c1cccs1)n1cccc1)N1CCN(c2ccccc2)CC1. The molecule has 0 radical (unpaired) electrons. The van der Waals surface area contributed by atoms with Crippen molar-refractivity contribution < 1.29 is 4.79 Å². The number of carbonyl (C=O) groups is 1. The summed E-state index contributed by atoms with van der Waals surface area (Å²) in [6.45, 7) is 3.36. The van der Waals surface area contributed by atoms with Crippen LogP contribution in [0.25, 0.3) is 0 Å². The van der Waals surface area contributed by atoms with E-state index in [1.807, 2.05) is 35.5 Å². The van der Waals surface area contributed by atoms with Crippen LogP contribution in [0.1, 0.15) is 17.3 Å². The van der Waals surface area contributed by atoms with Crippen molar-refractivity contribution >= 4 is 22.9 Å². The minimum Gasteiger partial charge on any atom is -0.368 e. The number of amides is 1. The molecule has 134 valence electrons. The minimum absolute atomic E-state index is 0.0876. The van der Waals surface area contributed by atoms with Gasteiger partial charge in [-0.3, -0.25) is 4.79 Å². The molecule has 0 bridgehead atoms. The fraction of sp³-hybridized carbons (Fsp3) is 0.286. The largest absolute Gasteiger partial charge is 0.368 e. The fourth-order valence-corrected chi connectivity index (χ4v) is 4.37. The summed E-state index contributed by atoms with van der Waals surface area (Å²) in [6, 6.07) is 18.7. The highest BCUT2D eigenvalue weighted by molar-refractivity contribution is 7.10. The summed E-state index contributed by atoms with van der Waals surface area (Å²) in [6.07, 6.45) is 4.61. The summed E-state index contributed by atoms with van der Waals surface area (Å²) in [7, 11) is 0. The van der Waals surface area contributed by atoms with E-state index in [1.54, 1.807) is 11.3 Å². The Hall–Kier alpha value is -2.53. The van der Waals surface area contributed by atoms with Crippen LogP contribution in [-0.4, -0.2) is 41.6 Å². The van der Waals surface area contributed by atoms with Gasteiger partial charge >= 0.3 is 0 Å². The average molecular weight is 366 g/mol. The maximum absolute atomic E-state index is 12.9. The molecule has 0 spiro atoms. The molecule has 1 saturated heterocycles. The van der Waals surface area contributed by atoms with E-state index in [2.05, 4.69) is 51.2 Å². The van der Waals surface area contributed by atoms with E-state index in [1.165, 1.54) is 10.6 Å². The quantitative estimate of drug-likeness (QED) is 0.686. The third-order valence-electron chi connectivity index (χ3n) is 4.98. The van der Waals surface area contributed by atoms with Crippen LogP contribution in [0.2, 0.25) is 0 Å². The number of thiophene rings is 1. The molecule has 2 aromatic heterocycles. The second-order valence-corrected chi connectivity index (χ2v) is 7.55. The number of para-hydroxylation sites is 1. The number of piperazine rings is 1. The van der Waals surface area contributed by atoms with Gasteiger partial charge in [-0.2, -0.15) is 0 Å². The normalized spacial score (nSPS) is 15.8. The van der Waals surface area contributed by atoms with Crippen LogP contribution < -0.4 is 4.90 Å². The topological polar surface area (TPSA) is 28.5 Å². The molecule has 1 atom stereocenters. The van der Waals surface area contributed by atoms with Crippen molar-refractivity contribution in [2.24, 2.45) is 0 Å². The summed E-state index contributed by atoms with van der Waals surface area (Å²) in [4.78, 5) is 18.5. The number of hydrogen-bond acceptors (Lipinski definition) is 3. The first-order valence-electron chi connectivity index (χ1n) is 9.05. The van der Waals surface area contributed by atoms with Gasteiger partial charge in [-0.05, 0) is 35.7 Å². The predicted octanol–water partition coefficient (Wildman–Crippen LogP) is 3.88. The molecule has 1 aliphatic heterocycles. The van der Waals surface area contributed by atoms with Gasteiger partial charge in [0.2, 0.25) is 5.91 Å². The zero-order valence-corrected chi connectivity index (χ0v) is 15.5. The van der Waals surface area contributed by atoms with Gasteiger partial charge in [0.15, 0.2) is 0 Å². The fourth-order valence-electron chi connectivity index (χ4n) is 3.54. The Kier molecular flexibility index (Phi) is 5.07. The molecule has 3 heterocycles. The first-order chi connectivity index (χ1) is 12.8. The monoisotopic (exact) mass is 365 g/mol. The van der Waals surface area contributed by atoms with E-state index >= 15 is 0 Å². The van der Waals surface area contributed by atoms with Crippen molar-refractivity contribution in [3.63, 3.8) is 0 Å². The van der Waals surface area contributed by atoms with Gasteiger partial charge in [0.1, 0.15) is 0 Å². The Morgan fingerprint density at radius 3 is 2.31 bits per heavy atom. The number of carbonyl (C=O) groups excluding carboxylic acids is 1. The van der Waals surface area contributed by atoms with Crippen molar-refractivity contribution in [1.29, 1.82) is 0 Å². The van der Waals surface area contributed by atoms with Gasteiger partial charge in [0.05, 0.1) is 12.5 Å². The van der Waals surface area contributed by atoms with Crippen LogP contribution in [0.15, 0.2) is 72.4 Å². The zero-order valence-electron chi connectivity index (χ0n) is 14.7. The average Bonchev–Trinajstić information content (AvgIpc) is 3.41. The maximum atomic E-state index is 12.9. The summed E-state index contributed by atoms with van der Waals surface area (Å²) in [5.74, 6) is 0.241. The maximum Gasteiger partial charge on any atom is 0.225 e. The molecule has 1 fully saturated rings. The van der Waals surface area contributed by atoms with E-state index in [0.717, 1.165) is 26.2 Å². The number of hydrogen-bond donors (Lipinski definition) is 0. The first kappa shape index (κ1) is 16.9. The lowest BCUT2D eigenvalue weighted by Crippen LogP contribution is -2.49. The summed E-state index contributed by atoms with van der Waals surface area (Å²) >= 11 is 1.72. The highest BCUT2D eigenvalue weighted by Crippen LogP contribution is 2.27. The molecule has 0 N–H and O–H groups in total. The van der Waals surface area contributed by atoms with Crippen LogP contribution in [0, 0.1) is 0 Å². The first-order valence-corrected chi connectivity index (χ1v) is 9.93. The molecule has 1 aliphatic rings. The number of benzene rings is 1. The third-order valence-corrected chi connectivity index (χ3v) is 5.95. The molecule has 3 aromatic rings. The van der Waals surface area contributed by atoms with Gasteiger partial charge in [0, 0.05) is 49.1 Å². The minimum atomic E-state index is 0.0876. The number of anilines is 1. The Morgan fingerprint density at radius 2 is 1.65 bits per heavy atom. The van der Waals surface area contributed by atoms with E-state index in [0.29, 0.717) is 6.42 Å². The Morgan fingerprint density at radius 1 is 0.923 bits per heavy atom. The second kappa shape index (κ2) is 7.79. The van der Waals surface area contributed by atoms with Crippen LogP contribution in [-0.2, 0) is 4.79 Å². The molecule has 1 aromatic carbocycles. The highest BCUT2D eigenvalue weighted by Gasteiger charge is 2.25. The van der Waals surface area contributed by atoms with E-state index in [9.17, 15) is 4.79 Å². The molecule has 0 unspecified atom stereocenters. The number of rotatable bonds is 5. The lowest BCUT2D eigenvalue weighted by Gasteiger charge is -2.36. The smallest absolute Gasteiger partial charge is 0.225 e. The lowest BCUT2D eigenvalue weighted by atomic mass is 10.1. The molecule has 4 nitrogen and oxygen atoms in total. The lowest BCUT2D eigenvalue weighted by molar-refractivity contribution is -0.132. The third kappa shape index (κ3) is 3.68. The molecular formula is C21H23N3OS. The van der Waals surface area contributed by atoms with E-state index in [-0.39, 0.29) is 11.9 Å². The summed E-state index contributed by atoms with van der Waals surface area (Å²) in [5.41, 5.74) is 1.24. The number of nitrogens with zero attached hydrogens (tertiary/aromatic N) is 3. The van der Waals surface area contributed by atoms with Crippen LogP contribution in [0.3, 0.4) is 0 Å². The van der Waals surface area contributed by atoms with Crippen molar-refractivity contribution in [1.82, 2.24) is 9.47 Å². The molecule has 0 aliphatic carbocycles. The van der Waals surface area contributed by atoms with Crippen molar-refractivity contribution in [2.45, 2.75) is 12.5 Å². The van der Waals surface area contributed by atoms with Crippen LogP contribution >= 0.6 is 11.3 Å². The second-order valence-electron chi connectivity index (χ2n) is 6.57.